The van der Waals surface area contributed by atoms with E-state index in [0.29, 0.717) is 0 Å². The second-order valence-electron chi connectivity index (χ2n) is 1.81. The third-order valence-corrected chi connectivity index (χ3v) is 1.60. The highest BCUT2D eigenvalue weighted by atomic mass is 31.2. The Labute approximate surface area is 56.8 Å². The molecule has 1 aromatic heterocycles. The van der Waals surface area contributed by atoms with Gasteiger partial charge in [0, 0.05) is 6.07 Å². The summed E-state index contributed by atoms with van der Waals surface area (Å²) in [5.41, 5.74) is 0.272. The number of nitrogens with zero attached hydrogens (tertiary/aromatic N) is 1. The van der Waals surface area contributed by atoms with Crippen molar-refractivity contribution < 1.29 is 18.9 Å². The normalized spacial score (nSPS) is 11.8. The molecule has 0 bridgehead atoms. The fraction of sp³-hybridized carbons (Fsp3) is 0.250. The van der Waals surface area contributed by atoms with Gasteiger partial charge in [-0.2, -0.15) is 0 Å². The van der Waals surface area contributed by atoms with E-state index >= 15 is 0 Å². The quantitative estimate of drug-likeness (QED) is 0.614. The molecule has 1 aromatic rings. The van der Waals surface area contributed by atoms with Crippen molar-refractivity contribution in [2.45, 2.75) is 6.16 Å². The number of aromatic nitrogens is 1. The third-order valence-electron chi connectivity index (χ3n) is 0.859. The molecule has 0 fully saturated rings. The van der Waals surface area contributed by atoms with Crippen LogP contribution in [-0.4, -0.2) is 14.9 Å². The molecule has 0 radical (unpaired) electrons. The Bertz CT molecular complexity index is 238. The van der Waals surface area contributed by atoms with E-state index in [2.05, 4.69) is 9.68 Å². The summed E-state index contributed by atoms with van der Waals surface area (Å²) in [6, 6.07) is 1.42. The summed E-state index contributed by atoms with van der Waals surface area (Å²) in [5, 5.41) is 3.33. The summed E-state index contributed by atoms with van der Waals surface area (Å²) < 4.78 is 14.7. The Morgan fingerprint density at radius 3 is 2.80 bits per heavy atom. The van der Waals surface area contributed by atoms with E-state index in [1.807, 2.05) is 0 Å². The van der Waals surface area contributed by atoms with Crippen molar-refractivity contribution in [2.75, 3.05) is 0 Å². The molecule has 0 aliphatic rings. The SMILES string of the molecule is O=P(O)(O)Cc1ccon1. The maximum absolute atomic E-state index is 10.3. The van der Waals surface area contributed by atoms with Crippen LogP contribution in [0.15, 0.2) is 16.9 Å². The minimum absolute atomic E-state index is 0.272. The molecule has 0 aromatic carbocycles. The summed E-state index contributed by atoms with van der Waals surface area (Å²) in [6.07, 6.45) is 0.911. The predicted octanol–water partition coefficient (Wildman–Crippen LogP) is 0.352. The molecule has 0 atom stereocenters. The highest BCUT2D eigenvalue weighted by Gasteiger charge is 2.15. The van der Waals surface area contributed by atoms with Crippen molar-refractivity contribution in [1.82, 2.24) is 5.16 Å². The van der Waals surface area contributed by atoms with Gasteiger partial charge in [0.15, 0.2) is 0 Å². The van der Waals surface area contributed by atoms with Gasteiger partial charge >= 0.3 is 7.60 Å². The van der Waals surface area contributed by atoms with Crippen molar-refractivity contribution in [3.8, 4) is 0 Å². The molecule has 5 nitrogen and oxygen atoms in total. The second kappa shape index (κ2) is 2.54. The number of rotatable bonds is 2. The van der Waals surface area contributed by atoms with E-state index in [1.165, 1.54) is 12.3 Å². The van der Waals surface area contributed by atoms with Gasteiger partial charge in [-0.05, 0) is 0 Å². The van der Waals surface area contributed by atoms with Crippen molar-refractivity contribution in [3.05, 3.63) is 18.0 Å². The topological polar surface area (TPSA) is 83.6 Å². The first-order chi connectivity index (χ1) is 4.58. The molecule has 2 N–H and O–H groups in total. The molecule has 0 spiro atoms. The molecule has 1 heterocycles. The summed E-state index contributed by atoms with van der Waals surface area (Å²) >= 11 is 0. The fourth-order valence-corrected chi connectivity index (χ4v) is 1.12. The van der Waals surface area contributed by atoms with Crippen LogP contribution in [-0.2, 0) is 10.7 Å². The highest BCUT2D eigenvalue weighted by molar-refractivity contribution is 7.50. The van der Waals surface area contributed by atoms with E-state index < -0.39 is 7.60 Å². The molecule has 0 unspecified atom stereocenters. The van der Waals surface area contributed by atoms with Gasteiger partial charge in [-0.25, -0.2) is 0 Å². The third kappa shape index (κ3) is 2.31. The molecule has 0 saturated heterocycles. The second-order valence-corrected chi connectivity index (χ2v) is 3.46. The number of hydrogen-bond acceptors (Lipinski definition) is 3. The van der Waals surface area contributed by atoms with Crippen molar-refractivity contribution in [2.24, 2.45) is 0 Å². The van der Waals surface area contributed by atoms with Crippen molar-refractivity contribution in [3.63, 3.8) is 0 Å². The van der Waals surface area contributed by atoms with Gasteiger partial charge in [0.25, 0.3) is 0 Å². The molecule has 0 amide bonds. The Kier molecular flexibility index (Phi) is 1.89. The van der Waals surface area contributed by atoms with E-state index in [4.69, 9.17) is 9.79 Å². The molecule has 10 heavy (non-hydrogen) atoms. The zero-order valence-electron chi connectivity index (χ0n) is 4.97. The van der Waals surface area contributed by atoms with Crippen LogP contribution < -0.4 is 0 Å². The summed E-state index contributed by atoms with van der Waals surface area (Å²) in [6.45, 7) is 0. The molecular formula is C4H6NO4P. The van der Waals surface area contributed by atoms with Crippen LogP contribution in [0.4, 0.5) is 0 Å². The first-order valence-corrected chi connectivity index (χ1v) is 4.31. The summed E-state index contributed by atoms with van der Waals surface area (Å²) in [4.78, 5) is 16.8. The Morgan fingerprint density at radius 1 is 1.70 bits per heavy atom. The minimum atomic E-state index is -3.98. The van der Waals surface area contributed by atoms with Gasteiger partial charge in [-0.3, -0.25) is 4.57 Å². The standard InChI is InChI=1S/C4H6NO4P/c6-10(7,8)3-4-1-2-9-5-4/h1-2H,3H2,(H2,6,7,8). The monoisotopic (exact) mass is 163 g/mol. The first kappa shape index (κ1) is 7.47. The molecule has 56 valence electrons. The fourth-order valence-electron chi connectivity index (χ4n) is 0.530. The van der Waals surface area contributed by atoms with Crippen LogP contribution >= 0.6 is 7.60 Å². The Balaban J connectivity index is 2.66. The van der Waals surface area contributed by atoms with E-state index in [-0.39, 0.29) is 11.9 Å². The lowest BCUT2D eigenvalue weighted by Crippen LogP contribution is -1.85. The molecule has 1 rings (SSSR count). The highest BCUT2D eigenvalue weighted by Crippen LogP contribution is 2.38. The van der Waals surface area contributed by atoms with Crippen LogP contribution in [0.2, 0.25) is 0 Å². The van der Waals surface area contributed by atoms with Crippen LogP contribution in [0.3, 0.4) is 0 Å². The lowest BCUT2D eigenvalue weighted by Gasteiger charge is -1.97. The van der Waals surface area contributed by atoms with Crippen LogP contribution in [0.25, 0.3) is 0 Å². The van der Waals surface area contributed by atoms with Crippen LogP contribution in [0.1, 0.15) is 5.69 Å². The Morgan fingerprint density at radius 2 is 2.40 bits per heavy atom. The van der Waals surface area contributed by atoms with Gasteiger partial charge in [0.2, 0.25) is 0 Å². The van der Waals surface area contributed by atoms with Gasteiger partial charge in [0.05, 0.1) is 11.9 Å². The first-order valence-electron chi connectivity index (χ1n) is 2.52. The molecule has 6 heteroatoms. The molecule has 0 aliphatic heterocycles. The maximum atomic E-state index is 10.3. The van der Waals surface area contributed by atoms with E-state index in [0.717, 1.165) is 0 Å². The predicted molar refractivity (Wildman–Crippen MR) is 32.3 cm³/mol. The van der Waals surface area contributed by atoms with Crippen molar-refractivity contribution >= 4 is 7.60 Å². The summed E-state index contributed by atoms with van der Waals surface area (Å²) in [5.74, 6) is 0. The lowest BCUT2D eigenvalue weighted by atomic mass is 10.5. The molecular weight excluding hydrogens is 157 g/mol. The largest absolute Gasteiger partial charge is 0.364 e. The van der Waals surface area contributed by atoms with Gasteiger partial charge < -0.3 is 14.3 Å². The van der Waals surface area contributed by atoms with Gasteiger partial charge in [0.1, 0.15) is 6.26 Å². The van der Waals surface area contributed by atoms with E-state index in [1.54, 1.807) is 0 Å². The Hall–Kier alpha value is -0.640. The molecule has 0 saturated carbocycles. The minimum Gasteiger partial charge on any atom is -0.364 e. The van der Waals surface area contributed by atoms with Gasteiger partial charge in [-0.15, -0.1) is 0 Å². The maximum Gasteiger partial charge on any atom is 0.331 e. The van der Waals surface area contributed by atoms with Crippen LogP contribution in [0.5, 0.6) is 0 Å². The van der Waals surface area contributed by atoms with Gasteiger partial charge in [-0.1, -0.05) is 5.16 Å². The van der Waals surface area contributed by atoms with E-state index in [9.17, 15) is 4.57 Å². The van der Waals surface area contributed by atoms with Crippen LogP contribution in [0, 0.1) is 0 Å². The summed E-state index contributed by atoms with van der Waals surface area (Å²) in [7, 11) is -3.98. The smallest absolute Gasteiger partial charge is 0.331 e. The average molecular weight is 163 g/mol. The number of hydrogen-bond donors (Lipinski definition) is 2. The zero-order chi connectivity index (χ0) is 7.61. The zero-order valence-corrected chi connectivity index (χ0v) is 5.86. The average Bonchev–Trinajstić information content (AvgIpc) is 2.12. The molecule has 0 aliphatic carbocycles. The lowest BCUT2D eigenvalue weighted by molar-refractivity contribution is 0.367. The van der Waals surface area contributed by atoms with Crippen molar-refractivity contribution in [1.29, 1.82) is 0 Å².